The van der Waals surface area contributed by atoms with Crippen LogP contribution in [0.3, 0.4) is 0 Å². The van der Waals surface area contributed by atoms with E-state index in [2.05, 4.69) is 10.3 Å². The van der Waals surface area contributed by atoms with Crippen molar-refractivity contribution >= 4 is 5.82 Å². The van der Waals surface area contributed by atoms with Gasteiger partial charge in [0.2, 0.25) is 0 Å². The second-order valence-electron chi connectivity index (χ2n) is 4.20. The van der Waals surface area contributed by atoms with E-state index in [4.69, 9.17) is 5.11 Å². The fraction of sp³-hybridized carbons (Fsp3) is 0.600. The third-order valence-corrected chi connectivity index (χ3v) is 2.94. The van der Waals surface area contributed by atoms with Crippen molar-refractivity contribution < 1.29 is 5.11 Å². The Labute approximate surface area is 87.8 Å². The fourth-order valence-corrected chi connectivity index (χ4v) is 1.46. The zero-order chi connectivity index (χ0) is 10.9. The van der Waals surface area contributed by atoms with E-state index in [9.17, 15) is 4.79 Å². The molecule has 0 aromatic carbocycles. The first-order valence-corrected chi connectivity index (χ1v) is 5.03. The normalized spacial score (nSPS) is 17.5. The maximum absolute atomic E-state index is 11.6. The molecule has 0 amide bonds. The lowest BCUT2D eigenvalue weighted by Gasteiger charge is -2.12. The molecule has 0 atom stereocenters. The van der Waals surface area contributed by atoms with E-state index < -0.39 is 0 Å². The number of aryl methyl sites for hydroxylation is 1. The molecule has 1 fully saturated rings. The number of hydrogen-bond acceptors (Lipinski definition) is 4. The van der Waals surface area contributed by atoms with Gasteiger partial charge in [-0.15, -0.1) is 0 Å². The van der Waals surface area contributed by atoms with Gasteiger partial charge in [-0.1, -0.05) is 0 Å². The molecule has 15 heavy (non-hydrogen) atoms. The van der Waals surface area contributed by atoms with Gasteiger partial charge in [-0.25, -0.2) is 4.98 Å². The summed E-state index contributed by atoms with van der Waals surface area (Å²) in [5.74, 6) is 0.361. The number of nitrogens with zero attached hydrogens (tertiary/aromatic N) is 2. The van der Waals surface area contributed by atoms with Crippen LogP contribution in [-0.4, -0.2) is 27.8 Å². The van der Waals surface area contributed by atoms with E-state index in [-0.39, 0.29) is 17.6 Å². The van der Waals surface area contributed by atoms with Crippen LogP contribution in [0.4, 0.5) is 5.82 Å². The third kappa shape index (κ3) is 2.02. The molecule has 2 rings (SSSR count). The Bertz CT molecular complexity index is 409. The van der Waals surface area contributed by atoms with Crippen molar-refractivity contribution in [2.75, 3.05) is 18.5 Å². The molecule has 1 aromatic heterocycles. The molecule has 0 radical (unpaired) electrons. The van der Waals surface area contributed by atoms with Gasteiger partial charge in [0.25, 0.3) is 5.56 Å². The summed E-state index contributed by atoms with van der Waals surface area (Å²) in [6.45, 7) is 0.795. The number of anilines is 1. The van der Waals surface area contributed by atoms with Gasteiger partial charge in [-0.05, 0) is 12.8 Å². The smallest absolute Gasteiger partial charge is 0.293 e. The molecule has 1 aliphatic carbocycles. The van der Waals surface area contributed by atoms with E-state index >= 15 is 0 Å². The number of rotatable bonds is 4. The predicted octanol–water partition coefficient (Wildman–Crippen LogP) is -0.0353. The molecule has 0 spiro atoms. The topological polar surface area (TPSA) is 67.2 Å². The van der Waals surface area contributed by atoms with Gasteiger partial charge in [0.15, 0.2) is 5.82 Å². The monoisotopic (exact) mass is 209 g/mol. The second kappa shape index (κ2) is 3.66. The summed E-state index contributed by atoms with van der Waals surface area (Å²) < 4.78 is 1.48. The SMILES string of the molecule is Cn1ccnc(NCC2(CO)CC2)c1=O. The Kier molecular flexibility index (Phi) is 2.48. The number of nitrogens with one attached hydrogen (secondary N) is 1. The minimum Gasteiger partial charge on any atom is -0.396 e. The maximum Gasteiger partial charge on any atom is 0.293 e. The Morgan fingerprint density at radius 3 is 3.00 bits per heavy atom. The first-order valence-electron chi connectivity index (χ1n) is 5.03. The molecule has 1 aliphatic rings. The van der Waals surface area contributed by atoms with Crippen LogP contribution in [0.5, 0.6) is 0 Å². The van der Waals surface area contributed by atoms with Crippen LogP contribution in [0.1, 0.15) is 12.8 Å². The molecule has 0 unspecified atom stereocenters. The third-order valence-electron chi connectivity index (χ3n) is 2.94. The van der Waals surface area contributed by atoms with Crippen LogP contribution in [0.25, 0.3) is 0 Å². The summed E-state index contributed by atoms with van der Waals surface area (Å²) in [6, 6.07) is 0. The molecule has 82 valence electrons. The van der Waals surface area contributed by atoms with Gasteiger partial charge in [0.1, 0.15) is 0 Å². The van der Waals surface area contributed by atoms with Gasteiger partial charge in [0.05, 0.1) is 6.61 Å². The van der Waals surface area contributed by atoms with Gasteiger partial charge in [-0.2, -0.15) is 0 Å². The molecule has 1 aromatic rings. The van der Waals surface area contributed by atoms with Crippen LogP contribution in [0, 0.1) is 5.41 Å². The standard InChI is InChI=1S/C10H15N3O2/c1-13-5-4-11-8(9(13)15)12-6-10(7-14)2-3-10/h4-5,14H,2-3,6-7H2,1H3,(H,11,12). The van der Waals surface area contributed by atoms with Gasteiger partial charge >= 0.3 is 0 Å². The highest BCUT2D eigenvalue weighted by atomic mass is 16.3. The lowest BCUT2D eigenvalue weighted by molar-refractivity contribution is 0.219. The maximum atomic E-state index is 11.6. The minimum atomic E-state index is -0.133. The van der Waals surface area contributed by atoms with E-state index in [1.807, 2.05) is 0 Å². The Hall–Kier alpha value is -1.36. The van der Waals surface area contributed by atoms with Crippen molar-refractivity contribution in [3.8, 4) is 0 Å². The lowest BCUT2D eigenvalue weighted by Crippen LogP contribution is -2.26. The molecule has 0 bridgehead atoms. The van der Waals surface area contributed by atoms with Crippen LogP contribution in [0.15, 0.2) is 17.2 Å². The van der Waals surface area contributed by atoms with E-state index in [0.29, 0.717) is 12.4 Å². The number of aliphatic hydroxyl groups is 1. The average Bonchev–Trinajstić information content (AvgIpc) is 3.01. The fourth-order valence-electron chi connectivity index (χ4n) is 1.46. The predicted molar refractivity (Wildman–Crippen MR) is 56.7 cm³/mol. The van der Waals surface area contributed by atoms with E-state index in [1.54, 1.807) is 19.4 Å². The van der Waals surface area contributed by atoms with Crippen molar-refractivity contribution in [2.45, 2.75) is 12.8 Å². The quantitative estimate of drug-likeness (QED) is 0.730. The first-order chi connectivity index (χ1) is 7.17. The Balaban J connectivity index is 2.05. The van der Waals surface area contributed by atoms with Crippen molar-refractivity contribution in [2.24, 2.45) is 12.5 Å². The van der Waals surface area contributed by atoms with E-state index in [0.717, 1.165) is 12.8 Å². The Morgan fingerprint density at radius 2 is 2.40 bits per heavy atom. The molecule has 0 saturated heterocycles. The molecule has 0 aliphatic heterocycles. The highest BCUT2D eigenvalue weighted by Gasteiger charge is 2.41. The van der Waals surface area contributed by atoms with Crippen LogP contribution < -0.4 is 10.9 Å². The minimum absolute atomic E-state index is 0.0114. The van der Waals surface area contributed by atoms with Gasteiger partial charge in [0, 0.05) is 31.4 Å². The number of aliphatic hydroxyl groups excluding tert-OH is 1. The molecule has 5 nitrogen and oxygen atoms in total. The molecular formula is C10H15N3O2. The van der Waals surface area contributed by atoms with Crippen molar-refractivity contribution in [3.63, 3.8) is 0 Å². The zero-order valence-electron chi connectivity index (χ0n) is 8.73. The number of hydrogen-bond donors (Lipinski definition) is 2. The highest BCUT2D eigenvalue weighted by molar-refractivity contribution is 5.31. The summed E-state index contributed by atoms with van der Waals surface area (Å²) in [7, 11) is 1.69. The average molecular weight is 209 g/mol. The molecule has 1 saturated carbocycles. The Morgan fingerprint density at radius 1 is 1.67 bits per heavy atom. The van der Waals surface area contributed by atoms with Crippen molar-refractivity contribution in [1.29, 1.82) is 0 Å². The summed E-state index contributed by atoms with van der Waals surface area (Å²) >= 11 is 0. The van der Waals surface area contributed by atoms with Crippen LogP contribution in [0.2, 0.25) is 0 Å². The lowest BCUT2D eigenvalue weighted by atomic mass is 10.1. The van der Waals surface area contributed by atoms with Gasteiger partial charge < -0.3 is 15.0 Å². The molecule has 2 N–H and O–H groups in total. The van der Waals surface area contributed by atoms with Crippen molar-refractivity contribution in [3.05, 3.63) is 22.7 Å². The molecular weight excluding hydrogens is 194 g/mol. The second-order valence-corrected chi connectivity index (χ2v) is 4.20. The van der Waals surface area contributed by atoms with E-state index in [1.165, 1.54) is 4.57 Å². The molecule has 1 heterocycles. The van der Waals surface area contributed by atoms with Crippen molar-refractivity contribution in [1.82, 2.24) is 9.55 Å². The summed E-state index contributed by atoms with van der Waals surface area (Å²) in [5, 5.41) is 12.1. The summed E-state index contributed by atoms with van der Waals surface area (Å²) in [4.78, 5) is 15.5. The zero-order valence-corrected chi connectivity index (χ0v) is 8.73. The van der Waals surface area contributed by atoms with Gasteiger partial charge in [-0.3, -0.25) is 4.79 Å². The summed E-state index contributed by atoms with van der Waals surface area (Å²) in [6.07, 6.45) is 5.24. The largest absolute Gasteiger partial charge is 0.396 e. The van der Waals surface area contributed by atoms with Crippen LogP contribution in [-0.2, 0) is 7.05 Å². The van der Waals surface area contributed by atoms with Crippen LogP contribution >= 0.6 is 0 Å². The highest BCUT2D eigenvalue weighted by Crippen LogP contribution is 2.44. The summed E-state index contributed by atoms with van der Waals surface area (Å²) in [5.41, 5.74) is -0.144. The first kappa shape index (κ1) is 10.2. The number of aromatic nitrogens is 2. The molecule has 5 heteroatoms.